The summed E-state index contributed by atoms with van der Waals surface area (Å²) in [5.41, 5.74) is 4.12. The molecule has 0 radical (unpaired) electrons. The first kappa shape index (κ1) is 26.3. The largest absolute Gasteiger partial charge is 0.377 e. The lowest BCUT2D eigenvalue weighted by Crippen LogP contribution is -2.44. The molecular weight excluding hydrogens is 500 g/mol. The first-order valence-electron chi connectivity index (χ1n) is 13.0. The van der Waals surface area contributed by atoms with Crippen LogP contribution in [0.5, 0.6) is 0 Å². The Morgan fingerprint density at radius 2 is 1.97 bits per heavy atom. The second-order valence-electron chi connectivity index (χ2n) is 9.97. The molecule has 0 unspecified atom stereocenters. The highest BCUT2D eigenvalue weighted by Crippen LogP contribution is 2.35. The van der Waals surface area contributed by atoms with Crippen LogP contribution >= 0.6 is 0 Å². The maximum Gasteiger partial charge on any atom is 0.242 e. The number of ether oxygens (including phenoxy) is 1. The standard InChI is InChI=1S/C28H34N6O3S/c1-6-33(5)38(35,36)20-7-8-21(18(2)3)24(15-20)25-16-26(34-13-14-37-17-19(34)4)32-28(31-25)23-10-12-30-27-22(23)9-11-29-27/h7-12,15-16,18-19H,6,13-14,17H2,1-5H3,(H,29,30)/t19-/m1/s1. The number of sulfonamides is 1. The summed E-state index contributed by atoms with van der Waals surface area (Å²) in [5.74, 6) is 1.51. The number of morpholine rings is 1. The van der Waals surface area contributed by atoms with Gasteiger partial charge < -0.3 is 14.6 Å². The predicted molar refractivity (Wildman–Crippen MR) is 150 cm³/mol. The summed E-state index contributed by atoms with van der Waals surface area (Å²) < 4.78 is 33.5. The number of anilines is 1. The van der Waals surface area contributed by atoms with Crippen LogP contribution < -0.4 is 4.90 Å². The molecule has 1 fully saturated rings. The number of fused-ring (bicyclic) bond motifs is 1. The minimum absolute atomic E-state index is 0.138. The zero-order chi connectivity index (χ0) is 27.0. The van der Waals surface area contributed by atoms with Gasteiger partial charge in [0.05, 0.1) is 29.8 Å². The first-order chi connectivity index (χ1) is 18.2. The Balaban J connectivity index is 1.76. The molecule has 0 saturated carbocycles. The summed E-state index contributed by atoms with van der Waals surface area (Å²) in [5, 5.41) is 0.926. The number of aromatic nitrogens is 4. The average Bonchev–Trinajstić information content (AvgIpc) is 3.41. The smallest absolute Gasteiger partial charge is 0.242 e. The number of nitrogens with one attached hydrogen (secondary N) is 1. The molecule has 0 aliphatic carbocycles. The van der Waals surface area contributed by atoms with E-state index in [1.54, 1.807) is 25.4 Å². The van der Waals surface area contributed by atoms with Crippen molar-refractivity contribution in [3.05, 3.63) is 54.4 Å². The van der Waals surface area contributed by atoms with Crippen LogP contribution in [0, 0.1) is 0 Å². The summed E-state index contributed by atoms with van der Waals surface area (Å²) in [6.07, 6.45) is 3.60. The van der Waals surface area contributed by atoms with Gasteiger partial charge in [-0.15, -0.1) is 0 Å². The van der Waals surface area contributed by atoms with Crippen molar-refractivity contribution >= 4 is 26.9 Å². The Morgan fingerprint density at radius 3 is 2.71 bits per heavy atom. The Labute approximate surface area is 223 Å². The van der Waals surface area contributed by atoms with Gasteiger partial charge in [-0.25, -0.2) is 27.7 Å². The van der Waals surface area contributed by atoms with Gasteiger partial charge in [0, 0.05) is 55.1 Å². The molecule has 1 aliphatic rings. The second kappa shape index (κ2) is 10.4. The van der Waals surface area contributed by atoms with E-state index in [1.165, 1.54) is 4.31 Å². The van der Waals surface area contributed by atoms with Crippen LogP contribution in [-0.2, 0) is 14.8 Å². The highest BCUT2D eigenvalue weighted by molar-refractivity contribution is 7.89. The molecule has 0 amide bonds. The van der Waals surface area contributed by atoms with Gasteiger partial charge in [-0.05, 0) is 42.7 Å². The van der Waals surface area contributed by atoms with Crippen LogP contribution in [0.2, 0.25) is 0 Å². The Morgan fingerprint density at radius 1 is 1.16 bits per heavy atom. The fourth-order valence-electron chi connectivity index (χ4n) is 4.83. The van der Waals surface area contributed by atoms with Crippen molar-refractivity contribution in [1.82, 2.24) is 24.2 Å². The van der Waals surface area contributed by atoms with Crippen LogP contribution in [-0.4, -0.2) is 72.1 Å². The molecule has 0 bridgehead atoms. The zero-order valence-corrected chi connectivity index (χ0v) is 23.3. The van der Waals surface area contributed by atoms with Crippen LogP contribution in [0.1, 0.15) is 39.2 Å². The molecule has 4 heterocycles. The van der Waals surface area contributed by atoms with Gasteiger partial charge in [-0.3, -0.25) is 0 Å². The lowest BCUT2D eigenvalue weighted by molar-refractivity contribution is 0.0985. The van der Waals surface area contributed by atoms with Crippen LogP contribution in [0.4, 0.5) is 5.82 Å². The summed E-state index contributed by atoms with van der Waals surface area (Å²) in [6, 6.07) is 11.4. The molecule has 1 aliphatic heterocycles. The van der Waals surface area contributed by atoms with Crippen LogP contribution in [0.3, 0.4) is 0 Å². The van der Waals surface area contributed by atoms with E-state index >= 15 is 0 Å². The number of hydrogen-bond acceptors (Lipinski definition) is 7. The third-order valence-corrected chi connectivity index (χ3v) is 9.08. The molecule has 9 nitrogen and oxygen atoms in total. The van der Waals surface area contributed by atoms with E-state index in [4.69, 9.17) is 14.7 Å². The normalized spacial score (nSPS) is 16.6. The molecule has 0 spiro atoms. The maximum absolute atomic E-state index is 13.3. The molecule has 3 aromatic heterocycles. The third kappa shape index (κ3) is 4.79. The lowest BCUT2D eigenvalue weighted by atomic mass is 9.95. The Hall–Kier alpha value is -3.34. The Bertz CT molecular complexity index is 1570. The van der Waals surface area contributed by atoms with Crippen molar-refractivity contribution in [3.63, 3.8) is 0 Å². The maximum atomic E-state index is 13.3. The molecule has 38 heavy (non-hydrogen) atoms. The van der Waals surface area contributed by atoms with E-state index in [-0.39, 0.29) is 16.9 Å². The number of H-pyrrole nitrogens is 1. The van der Waals surface area contributed by atoms with Crippen molar-refractivity contribution < 1.29 is 13.2 Å². The summed E-state index contributed by atoms with van der Waals surface area (Å²) in [6.45, 7) is 10.5. The monoisotopic (exact) mass is 534 g/mol. The van der Waals surface area contributed by atoms with Gasteiger partial charge in [0.25, 0.3) is 0 Å². The van der Waals surface area contributed by atoms with Crippen LogP contribution in [0.15, 0.2) is 53.7 Å². The molecule has 200 valence electrons. The minimum atomic E-state index is -3.63. The van der Waals surface area contributed by atoms with E-state index in [0.717, 1.165) is 33.5 Å². The van der Waals surface area contributed by atoms with Crippen molar-refractivity contribution in [2.45, 2.75) is 44.6 Å². The fourth-order valence-corrected chi connectivity index (χ4v) is 6.04. The molecule has 1 atom stereocenters. The topological polar surface area (TPSA) is 104 Å². The zero-order valence-electron chi connectivity index (χ0n) is 22.5. The fraction of sp³-hybridized carbons (Fsp3) is 0.393. The van der Waals surface area contributed by atoms with Gasteiger partial charge in [0.1, 0.15) is 11.5 Å². The lowest BCUT2D eigenvalue weighted by Gasteiger charge is -2.34. The molecule has 5 rings (SSSR count). The van der Waals surface area contributed by atoms with E-state index in [1.807, 2.05) is 37.4 Å². The van der Waals surface area contributed by atoms with E-state index in [2.05, 4.69) is 35.6 Å². The van der Waals surface area contributed by atoms with Gasteiger partial charge >= 0.3 is 0 Å². The predicted octanol–water partition coefficient (Wildman–Crippen LogP) is 4.68. The molecule has 1 saturated heterocycles. The van der Waals surface area contributed by atoms with Gasteiger partial charge in [-0.1, -0.05) is 26.8 Å². The highest BCUT2D eigenvalue weighted by atomic mass is 32.2. The number of nitrogens with zero attached hydrogens (tertiary/aromatic N) is 5. The Kier molecular flexibility index (Phi) is 7.21. The molecular formula is C28H34N6O3S. The summed E-state index contributed by atoms with van der Waals surface area (Å²) in [7, 11) is -2.04. The van der Waals surface area contributed by atoms with Crippen molar-refractivity contribution in [1.29, 1.82) is 0 Å². The quantitative estimate of drug-likeness (QED) is 0.367. The number of aromatic amines is 1. The second-order valence-corrected chi connectivity index (χ2v) is 12.0. The van der Waals surface area contributed by atoms with E-state index in [9.17, 15) is 8.42 Å². The first-order valence-corrected chi connectivity index (χ1v) is 14.4. The third-order valence-electron chi connectivity index (χ3n) is 7.15. The van der Waals surface area contributed by atoms with Crippen molar-refractivity contribution in [2.75, 3.05) is 38.3 Å². The van der Waals surface area contributed by atoms with Gasteiger partial charge in [0.15, 0.2) is 5.82 Å². The number of rotatable bonds is 7. The van der Waals surface area contributed by atoms with E-state index in [0.29, 0.717) is 37.8 Å². The molecule has 1 N–H and O–H groups in total. The number of benzene rings is 1. The number of pyridine rings is 1. The van der Waals surface area contributed by atoms with Crippen molar-refractivity contribution in [3.8, 4) is 22.6 Å². The minimum Gasteiger partial charge on any atom is -0.377 e. The van der Waals surface area contributed by atoms with Crippen LogP contribution in [0.25, 0.3) is 33.7 Å². The SMILES string of the molecule is CCN(C)S(=O)(=O)c1ccc(C(C)C)c(-c2cc(N3CCOC[C@H]3C)nc(-c3ccnc4[nH]ccc34)n2)c1. The van der Waals surface area contributed by atoms with Gasteiger partial charge in [-0.2, -0.15) is 0 Å². The summed E-state index contributed by atoms with van der Waals surface area (Å²) in [4.78, 5) is 20.1. The molecule has 4 aromatic rings. The van der Waals surface area contributed by atoms with E-state index < -0.39 is 10.0 Å². The van der Waals surface area contributed by atoms with Gasteiger partial charge in [0.2, 0.25) is 10.0 Å². The summed E-state index contributed by atoms with van der Waals surface area (Å²) >= 11 is 0. The number of hydrogen-bond donors (Lipinski definition) is 1. The average molecular weight is 535 g/mol. The molecule has 1 aromatic carbocycles. The molecule has 10 heteroatoms. The highest BCUT2D eigenvalue weighted by Gasteiger charge is 2.25. The van der Waals surface area contributed by atoms with Crippen molar-refractivity contribution in [2.24, 2.45) is 0 Å².